The Hall–Kier alpha value is -1.80. The fourth-order valence-corrected chi connectivity index (χ4v) is 5.86. The molecule has 7 atom stereocenters. The lowest BCUT2D eigenvalue weighted by Gasteiger charge is -2.56. The number of phenols is 1. The Labute approximate surface area is 149 Å². The zero-order chi connectivity index (χ0) is 18.6. The molecule has 1 aromatic carbocycles. The summed E-state index contributed by atoms with van der Waals surface area (Å²) >= 11 is 0. The molecule has 138 valence electrons. The van der Waals surface area contributed by atoms with Crippen LogP contribution in [0.3, 0.4) is 0 Å². The van der Waals surface area contributed by atoms with Crippen LogP contribution < -0.4 is 0 Å². The van der Waals surface area contributed by atoms with E-state index in [2.05, 4.69) is 0 Å². The summed E-state index contributed by atoms with van der Waals surface area (Å²) in [6, 6.07) is 4.34. The lowest BCUT2D eigenvalue weighted by atomic mass is 9.49. The molecule has 1 aliphatic heterocycles. The van der Waals surface area contributed by atoms with Crippen molar-refractivity contribution in [3.63, 3.8) is 0 Å². The van der Waals surface area contributed by atoms with Crippen LogP contribution in [0.25, 0.3) is 0 Å². The molecular formula is C19H20O7. The Morgan fingerprint density at radius 2 is 1.92 bits per heavy atom. The van der Waals surface area contributed by atoms with Gasteiger partial charge in [0.15, 0.2) is 17.0 Å². The minimum absolute atomic E-state index is 0.0634. The summed E-state index contributed by atoms with van der Waals surface area (Å²) in [6.07, 6.45) is -2.04. The van der Waals surface area contributed by atoms with Gasteiger partial charge in [-0.25, -0.2) is 0 Å². The van der Waals surface area contributed by atoms with Crippen LogP contribution >= 0.6 is 0 Å². The van der Waals surface area contributed by atoms with E-state index >= 15 is 0 Å². The van der Waals surface area contributed by atoms with Gasteiger partial charge >= 0.3 is 0 Å². The van der Waals surface area contributed by atoms with E-state index in [1.165, 1.54) is 18.2 Å². The first kappa shape index (κ1) is 16.4. The van der Waals surface area contributed by atoms with Crippen LogP contribution in [0.2, 0.25) is 0 Å². The van der Waals surface area contributed by atoms with Gasteiger partial charge in [-0.05, 0) is 18.4 Å². The third kappa shape index (κ3) is 1.55. The van der Waals surface area contributed by atoms with E-state index in [4.69, 9.17) is 4.74 Å². The van der Waals surface area contributed by atoms with Gasteiger partial charge in [-0.3, -0.25) is 9.59 Å². The number of hydrogen-bond donors (Lipinski definition) is 4. The summed E-state index contributed by atoms with van der Waals surface area (Å²) in [5, 5.41) is 43.7. The largest absolute Gasteiger partial charge is 0.508 e. The molecule has 0 amide bonds. The van der Waals surface area contributed by atoms with E-state index in [9.17, 15) is 30.0 Å². The number of ketones is 2. The van der Waals surface area contributed by atoms with Gasteiger partial charge in [0.25, 0.3) is 0 Å². The molecule has 26 heavy (non-hydrogen) atoms. The summed E-state index contributed by atoms with van der Waals surface area (Å²) in [6.45, 7) is 1.82. The number of benzene rings is 1. The van der Waals surface area contributed by atoms with Gasteiger partial charge in [-0.1, -0.05) is 19.1 Å². The number of aliphatic hydroxyl groups excluding tert-OH is 1. The molecule has 1 spiro atoms. The van der Waals surface area contributed by atoms with Crippen molar-refractivity contribution in [1.82, 2.24) is 0 Å². The first-order valence-electron chi connectivity index (χ1n) is 8.87. The molecule has 0 aromatic heterocycles. The summed E-state index contributed by atoms with van der Waals surface area (Å²) < 4.78 is 5.69. The van der Waals surface area contributed by atoms with E-state index < -0.39 is 46.5 Å². The number of aromatic hydroxyl groups is 1. The second-order valence-corrected chi connectivity index (χ2v) is 8.36. The minimum Gasteiger partial charge on any atom is -0.508 e. The van der Waals surface area contributed by atoms with Gasteiger partial charge in [0.05, 0.1) is 17.6 Å². The van der Waals surface area contributed by atoms with Gasteiger partial charge in [-0.2, -0.15) is 0 Å². The van der Waals surface area contributed by atoms with Gasteiger partial charge in [0, 0.05) is 24.0 Å². The number of phenolic OH excluding ortho intramolecular Hbond substituents is 1. The number of carbonyl (C=O) groups excluding carboxylic acids is 2. The predicted octanol–water partition coefficient (Wildman–Crippen LogP) is 0.241. The molecule has 1 saturated heterocycles. The molecule has 0 radical (unpaired) electrons. The number of hydrogen-bond acceptors (Lipinski definition) is 7. The van der Waals surface area contributed by atoms with Crippen LogP contribution in [0.5, 0.6) is 5.75 Å². The summed E-state index contributed by atoms with van der Waals surface area (Å²) in [4.78, 5) is 26.1. The van der Waals surface area contributed by atoms with E-state index in [-0.39, 0.29) is 42.1 Å². The van der Waals surface area contributed by atoms with Gasteiger partial charge < -0.3 is 25.2 Å². The van der Waals surface area contributed by atoms with Crippen molar-refractivity contribution in [2.75, 3.05) is 0 Å². The number of fused-ring (bicyclic) bond motifs is 4. The maximum absolute atomic E-state index is 13.3. The SMILES string of the molecule is C[C@@H]1CC(=O)[C@@H]2[C@](O)(C1)C[C@H](O)[C@]13O[C@H]1c1c(O)cccc1C(=O)[C@]23O. The molecular weight excluding hydrogens is 340 g/mol. The molecule has 4 N–H and O–H groups in total. The number of carbonyl (C=O) groups is 2. The third-order valence-corrected chi connectivity index (χ3v) is 6.75. The molecule has 7 heteroatoms. The Morgan fingerprint density at radius 3 is 2.65 bits per heavy atom. The Morgan fingerprint density at radius 1 is 1.19 bits per heavy atom. The molecule has 5 rings (SSSR count). The molecule has 1 heterocycles. The standard InChI is InChI=1S/C19H20O7/c1-8-5-11(21)14-17(24,6-8)7-12(22)19-16(26-19)13-9(3-2-4-10(13)20)15(23)18(14,19)25/h2-4,8,12,14,16,20,22,24-25H,5-7H2,1H3/t8-,12+,14-,16+,17+,18-,19+/m1/s1. The van der Waals surface area contributed by atoms with Crippen molar-refractivity contribution in [2.45, 2.75) is 55.2 Å². The fraction of sp³-hybridized carbons (Fsp3) is 0.579. The number of epoxide rings is 1. The fourth-order valence-electron chi connectivity index (χ4n) is 5.86. The minimum atomic E-state index is -2.36. The first-order chi connectivity index (χ1) is 12.2. The highest BCUT2D eigenvalue weighted by atomic mass is 16.6. The average molecular weight is 360 g/mol. The van der Waals surface area contributed by atoms with Gasteiger partial charge in [0.2, 0.25) is 0 Å². The van der Waals surface area contributed by atoms with Crippen LogP contribution in [0.1, 0.15) is 48.2 Å². The molecule has 0 unspecified atom stereocenters. The Bertz CT molecular complexity index is 865. The highest BCUT2D eigenvalue weighted by Gasteiger charge is 2.86. The highest BCUT2D eigenvalue weighted by Crippen LogP contribution is 2.70. The van der Waals surface area contributed by atoms with E-state index in [1.807, 2.05) is 6.92 Å². The van der Waals surface area contributed by atoms with Crippen molar-refractivity contribution in [2.24, 2.45) is 11.8 Å². The van der Waals surface area contributed by atoms with Crippen LogP contribution in [-0.2, 0) is 9.53 Å². The molecule has 3 aliphatic carbocycles. The monoisotopic (exact) mass is 360 g/mol. The number of rotatable bonds is 0. The quantitative estimate of drug-likeness (QED) is 0.488. The van der Waals surface area contributed by atoms with Crippen LogP contribution in [0, 0.1) is 11.8 Å². The second-order valence-electron chi connectivity index (χ2n) is 8.36. The maximum Gasteiger partial charge on any atom is 0.198 e. The zero-order valence-electron chi connectivity index (χ0n) is 14.2. The molecule has 7 nitrogen and oxygen atoms in total. The van der Waals surface area contributed by atoms with Crippen molar-refractivity contribution in [1.29, 1.82) is 0 Å². The van der Waals surface area contributed by atoms with Crippen LogP contribution in [0.15, 0.2) is 18.2 Å². The zero-order valence-corrected chi connectivity index (χ0v) is 14.2. The predicted molar refractivity (Wildman–Crippen MR) is 86.4 cm³/mol. The Balaban J connectivity index is 1.76. The van der Waals surface area contributed by atoms with E-state index in [0.717, 1.165) is 0 Å². The molecule has 4 aliphatic rings. The Kier molecular flexibility index (Phi) is 2.86. The molecule has 0 bridgehead atoms. The smallest absolute Gasteiger partial charge is 0.198 e. The van der Waals surface area contributed by atoms with E-state index in [0.29, 0.717) is 0 Å². The van der Waals surface area contributed by atoms with Crippen LogP contribution in [-0.4, -0.2) is 54.9 Å². The third-order valence-electron chi connectivity index (χ3n) is 6.75. The first-order valence-corrected chi connectivity index (χ1v) is 8.87. The van der Waals surface area contributed by atoms with Crippen molar-refractivity contribution in [3.8, 4) is 5.75 Å². The lowest BCUT2D eigenvalue weighted by Crippen LogP contribution is -2.76. The lowest BCUT2D eigenvalue weighted by molar-refractivity contribution is -0.219. The van der Waals surface area contributed by atoms with Gasteiger partial charge in [0.1, 0.15) is 17.6 Å². The average Bonchev–Trinajstić information content (AvgIpc) is 3.27. The maximum atomic E-state index is 13.3. The number of aliphatic hydroxyl groups is 3. The van der Waals surface area contributed by atoms with Crippen molar-refractivity contribution < 1.29 is 34.8 Å². The van der Waals surface area contributed by atoms with Crippen LogP contribution in [0.4, 0.5) is 0 Å². The molecule has 2 saturated carbocycles. The number of ether oxygens (including phenoxy) is 1. The highest BCUT2D eigenvalue weighted by molar-refractivity contribution is 6.11. The summed E-state index contributed by atoms with van der Waals surface area (Å²) in [5.74, 6) is -2.81. The number of Topliss-reactive ketones (excluding diaryl/α,β-unsaturated/α-hetero) is 2. The van der Waals surface area contributed by atoms with Crippen molar-refractivity contribution in [3.05, 3.63) is 29.3 Å². The van der Waals surface area contributed by atoms with Gasteiger partial charge in [-0.15, -0.1) is 0 Å². The molecule has 3 fully saturated rings. The summed E-state index contributed by atoms with van der Waals surface area (Å²) in [7, 11) is 0. The van der Waals surface area contributed by atoms with Crippen molar-refractivity contribution >= 4 is 11.6 Å². The molecule has 1 aromatic rings. The normalized spacial score (nSPS) is 48.9. The van der Waals surface area contributed by atoms with E-state index in [1.54, 1.807) is 0 Å². The second kappa shape index (κ2) is 4.54. The summed E-state index contributed by atoms with van der Waals surface area (Å²) in [5.41, 5.74) is -5.45. The topological polar surface area (TPSA) is 128 Å².